The molecule has 21 heavy (non-hydrogen) atoms. The Morgan fingerprint density at radius 3 is 1.29 bits per heavy atom. The van der Waals surface area contributed by atoms with Gasteiger partial charge in [-0.05, 0) is 17.5 Å². The lowest BCUT2D eigenvalue weighted by atomic mass is 10.1. The molecule has 2 aromatic carbocycles. The van der Waals surface area contributed by atoms with E-state index in [1.54, 1.807) is 0 Å². The van der Waals surface area contributed by atoms with Gasteiger partial charge in [-0.25, -0.2) is 0 Å². The van der Waals surface area contributed by atoms with Gasteiger partial charge < -0.3 is 10.2 Å². The van der Waals surface area contributed by atoms with Gasteiger partial charge in [0.15, 0.2) is 0 Å². The average Bonchev–Trinajstić information content (AvgIpc) is 2.48. The van der Waals surface area contributed by atoms with Crippen LogP contribution < -0.4 is 0 Å². The van der Waals surface area contributed by atoms with Crippen molar-refractivity contribution in [1.29, 1.82) is 0 Å². The minimum absolute atomic E-state index is 0.296. The maximum atomic E-state index is 9.64. The Labute approximate surface area is 123 Å². The Bertz CT molecular complexity index is 498. The summed E-state index contributed by atoms with van der Waals surface area (Å²) in [4.78, 5) is 19.3. The molecule has 0 atom stereocenters. The fourth-order valence-corrected chi connectivity index (χ4v) is 1.64. The zero-order chi connectivity index (χ0) is 15.5. The molecule has 0 unspecified atom stereocenters. The van der Waals surface area contributed by atoms with Crippen LogP contribution in [0.25, 0.3) is 0 Å². The van der Waals surface area contributed by atoms with E-state index in [0.29, 0.717) is 0 Å². The summed E-state index contributed by atoms with van der Waals surface area (Å²) in [6, 6.07) is 21.1. The van der Waals surface area contributed by atoms with Crippen LogP contribution in [0.2, 0.25) is 0 Å². The van der Waals surface area contributed by atoms with Crippen LogP contribution in [0.3, 0.4) is 0 Å². The second-order valence-electron chi connectivity index (χ2n) is 4.44. The fraction of sp³-hybridized carbons (Fsp3) is 0.176. The normalized spacial score (nSPS) is 9.33. The van der Waals surface area contributed by atoms with E-state index in [9.17, 15) is 9.59 Å². The molecule has 0 aliphatic rings. The summed E-state index contributed by atoms with van der Waals surface area (Å²) < 4.78 is 0. The molecule has 0 amide bonds. The Kier molecular flexibility index (Phi) is 7.29. The molecule has 110 valence electrons. The summed E-state index contributed by atoms with van der Waals surface area (Å²) in [6.45, 7) is 0. The van der Waals surface area contributed by atoms with Crippen LogP contribution in [-0.2, 0) is 16.0 Å². The molecule has 0 saturated heterocycles. The van der Waals surface area contributed by atoms with Crippen molar-refractivity contribution in [1.82, 2.24) is 0 Å². The summed E-state index contributed by atoms with van der Waals surface area (Å²) in [6.07, 6.45) is 0.437. The lowest BCUT2D eigenvalue weighted by molar-refractivity contribution is -0.143. The van der Waals surface area contributed by atoms with Crippen molar-refractivity contribution in [2.75, 3.05) is 0 Å². The number of hydrogen-bond acceptors (Lipinski definition) is 2. The van der Waals surface area contributed by atoms with Gasteiger partial charge in [-0.2, -0.15) is 0 Å². The molecule has 0 aliphatic heterocycles. The number of benzene rings is 2. The predicted molar refractivity (Wildman–Crippen MR) is 80.2 cm³/mol. The highest BCUT2D eigenvalue weighted by Crippen LogP contribution is 2.07. The highest BCUT2D eigenvalue weighted by atomic mass is 16.4. The van der Waals surface area contributed by atoms with Gasteiger partial charge in [0.2, 0.25) is 0 Å². The molecule has 0 saturated carbocycles. The molecular weight excluding hydrogens is 268 g/mol. The molecule has 4 nitrogen and oxygen atoms in total. The SMILES string of the molecule is O=C(O)CCC(=O)O.c1ccc(Cc2ccccc2)cc1. The number of rotatable bonds is 5. The zero-order valence-electron chi connectivity index (χ0n) is 11.6. The number of hydrogen-bond donors (Lipinski definition) is 2. The van der Waals surface area contributed by atoms with E-state index in [0.717, 1.165) is 6.42 Å². The van der Waals surface area contributed by atoms with E-state index >= 15 is 0 Å². The average molecular weight is 286 g/mol. The number of carbonyl (C=O) groups is 2. The molecule has 0 heterocycles. The van der Waals surface area contributed by atoms with Crippen molar-refractivity contribution < 1.29 is 19.8 Å². The molecule has 0 spiro atoms. The quantitative estimate of drug-likeness (QED) is 0.885. The number of aliphatic carboxylic acids is 2. The van der Waals surface area contributed by atoms with Gasteiger partial charge in [-0.15, -0.1) is 0 Å². The molecule has 0 fully saturated rings. The first kappa shape index (κ1) is 16.4. The maximum Gasteiger partial charge on any atom is 0.303 e. The highest BCUT2D eigenvalue weighted by Gasteiger charge is 2.00. The van der Waals surface area contributed by atoms with Crippen LogP contribution in [-0.4, -0.2) is 22.2 Å². The highest BCUT2D eigenvalue weighted by molar-refractivity contribution is 5.75. The molecule has 0 bridgehead atoms. The van der Waals surface area contributed by atoms with Crippen molar-refractivity contribution in [3.05, 3.63) is 71.8 Å². The Morgan fingerprint density at radius 2 is 1.00 bits per heavy atom. The predicted octanol–water partition coefficient (Wildman–Crippen LogP) is 3.21. The van der Waals surface area contributed by atoms with E-state index in [-0.39, 0.29) is 12.8 Å². The number of carboxylic acids is 2. The van der Waals surface area contributed by atoms with Crippen LogP contribution in [0.4, 0.5) is 0 Å². The van der Waals surface area contributed by atoms with Crippen molar-refractivity contribution >= 4 is 11.9 Å². The van der Waals surface area contributed by atoms with Gasteiger partial charge in [0.05, 0.1) is 12.8 Å². The third kappa shape index (κ3) is 8.21. The summed E-state index contributed by atoms with van der Waals surface area (Å²) in [7, 11) is 0. The van der Waals surface area contributed by atoms with E-state index in [4.69, 9.17) is 10.2 Å². The maximum absolute atomic E-state index is 9.64. The summed E-state index contributed by atoms with van der Waals surface area (Å²) in [5.41, 5.74) is 2.74. The minimum Gasteiger partial charge on any atom is -0.481 e. The second kappa shape index (κ2) is 9.31. The molecule has 0 radical (unpaired) electrons. The van der Waals surface area contributed by atoms with Crippen LogP contribution in [0, 0.1) is 0 Å². The summed E-state index contributed by atoms with van der Waals surface area (Å²) in [5.74, 6) is -2.15. The van der Waals surface area contributed by atoms with E-state index in [1.165, 1.54) is 11.1 Å². The first-order chi connectivity index (χ1) is 10.1. The molecule has 4 heteroatoms. The zero-order valence-corrected chi connectivity index (χ0v) is 11.6. The van der Waals surface area contributed by atoms with Crippen molar-refractivity contribution in [2.45, 2.75) is 19.3 Å². The van der Waals surface area contributed by atoms with Gasteiger partial charge in [0.25, 0.3) is 0 Å². The lowest BCUT2D eigenvalue weighted by Gasteiger charge is -2.00. The summed E-state index contributed by atoms with van der Waals surface area (Å²) >= 11 is 0. The monoisotopic (exact) mass is 286 g/mol. The molecule has 0 aliphatic carbocycles. The van der Waals surface area contributed by atoms with Gasteiger partial charge in [0, 0.05) is 0 Å². The molecule has 2 rings (SSSR count). The van der Waals surface area contributed by atoms with Crippen LogP contribution >= 0.6 is 0 Å². The van der Waals surface area contributed by atoms with Gasteiger partial charge >= 0.3 is 11.9 Å². The van der Waals surface area contributed by atoms with Crippen LogP contribution in [0.1, 0.15) is 24.0 Å². The molecule has 0 aromatic heterocycles. The largest absolute Gasteiger partial charge is 0.481 e. The lowest BCUT2D eigenvalue weighted by Crippen LogP contribution is -2.00. The van der Waals surface area contributed by atoms with Crippen molar-refractivity contribution in [3.63, 3.8) is 0 Å². The van der Waals surface area contributed by atoms with Crippen LogP contribution in [0.15, 0.2) is 60.7 Å². The van der Waals surface area contributed by atoms with Crippen molar-refractivity contribution in [2.24, 2.45) is 0 Å². The van der Waals surface area contributed by atoms with E-state index < -0.39 is 11.9 Å². The van der Waals surface area contributed by atoms with Gasteiger partial charge in [-0.1, -0.05) is 60.7 Å². The summed E-state index contributed by atoms with van der Waals surface area (Å²) in [5, 5.41) is 15.8. The van der Waals surface area contributed by atoms with E-state index in [2.05, 4.69) is 60.7 Å². The second-order valence-corrected chi connectivity index (χ2v) is 4.44. The van der Waals surface area contributed by atoms with E-state index in [1.807, 2.05) is 0 Å². The molecule has 2 aromatic rings. The first-order valence-electron chi connectivity index (χ1n) is 6.59. The Morgan fingerprint density at radius 1 is 0.667 bits per heavy atom. The fourth-order valence-electron chi connectivity index (χ4n) is 1.64. The smallest absolute Gasteiger partial charge is 0.303 e. The molecular formula is C17H18O4. The van der Waals surface area contributed by atoms with Gasteiger partial charge in [0.1, 0.15) is 0 Å². The Balaban J connectivity index is 0.000000240. The van der Waals surface area contributed by atoms with Gasteiger partial charge in [-0.3, -0.25) is 9.59 Å². The molecule has 2 N–H and O–H groups in total. The van der Waals surface area contributed by atoms with Crippen LogP contribution in [0.5, 0.6) is 0 Å². The third-order valence-electron chi connectivity index (χ3n) is 2.65. The minimum atomic E-state index is -1.08. The standard InChI is InChI=1S/C13H12.C4H6O4/c1-3-7-12(8-4-1)11-13-9-5-2-6-10-13;5-3(6)1-2-4(7)8/h1-10H,11H2;1-2H2,(H,5,6)(H,7,8). The Hall–Kier alpha value is -2.62. The van der Waals surface area contributed by atoms with Crippen molar-refractivity contribution in [3.8, 4) is 0 Å². The third-order valence-corrected chi connectivity index (χ3v) is 2.65. The topological polar surface area (TPSA) is 74.6 Å². The number of carboxylic acid groups (broad SMARTS) is 2. The first-order valence-corrected chi connectivity index (χ1v) is 6.59.